The van der Waals surface area contributed by atoms with Crippen LogP contribution in [0.5, 0.6) is 0 Å². The van der Waals surface area contributed by atoms with Gasteiger partial charge in [-0.3, -0.25) is 0 Å². The third-order valence-electron chi connectivity index (χ3n) is 1.68. The number of hydrogen-bond donors (Lipinski definition) is 3. The van der Waals surface area contributed by atoms with E-state index in [-0.39, 0.29) is 26.4 Å². The van der Waals surface area contributed by atoms with Crippen LogP contribution in [0.1, 0.15) is 0 Å². The molecule has 0 aliphatic rings. The molecule has 0 rings (SSSR count). The van der Waals surface area contributed by atoms with Gasteiger partial charge in [0.1, 0.15) is 6.23 Å². The maximum Gasteiger partial charge on any atom is 0.129 e. The van der Waals surface area contributed by atoms with Gasteiger partial charge in [-0.25, -0.2) is 0 Å². The van der Waals surface area contributed by atoms with E-state index in [1.54, 1.807) is 0 Å². The van der Waals surface area contributed by atoms with Crippen LogP contribution in [0.4, 0.5) is 0 Å². The van der Waals surface area contributed by atoms with E-state index >= 15 is 0 Å². The third kappa shape index (κ3) is 13.7. The lowest BCUT2D eigenvalue weighted by atomic mass is 10.6. The van der Waals surface area contributed by atoms with E-state index in [1.807, 2.05) is 0 Å². The summed E-state index contributed by atoms with van der Waals surface area (Å²) in [7, 11) is 0. The SMILES string of the molecule is N[C@H](COCCO)OCCOCCOCCO. The number of ether oxygens (including phenoxy) is 4. The van der Waals surface area contributed by atoms with Crippen molar-refractivity contribution in [2.24, 2.45) is 5.73 Å². The number of hydrogen-bond acceptors (Lipinski definition) is 7. The van der Waals surface area contributed by atoms with Crippen LogP contribution >= 0.6 is 0 Å². The summed E-state index contributed by atoms with van der Waals surface area (Å²) >= 11 is 0. The molecule has 4 N–H and O–H groups in total. The molecule has 0 aliphatic carbocycles. The van der Waals surface area contributed by atoms with Crippen LogP contribution in [-0.4, -0.2) is 75.9 Å². The highest BCUT2D eigenvalue weighted by molar-refractivity contribution is 4.45. The predicted molar refractivity (Wildman–Crippen MR) is 60.6 cm³/mol. The first-order valence-electron chi connectivity index (χ1n) is 5.63. The molecule has 0 heterocycles. The molecule has 7 heteroatoms. The lowest BCUT2D eigenvalue weighted by Crippen LogP contribution is -2.31. The molecule has 0 bridgehead atoms. The second kappa shape index (κ2) is 13.8. The summed E-state index contributed by atoms with van der Waals surface area (Å²) in [5, 5.41) is 16.9. The summed E-state index contributed by atoms with van der Waals surface area (Å²) in [5.74, 6) is 0. The van der Waals surface area contributed by atoms with Crippen LogP contribution in [0.15, 0.2) is 0 Å². The van der Waals surface area contributed by atoms with Gasteiger partial charge in [-0.1, -0.05) is 0 Å². The van der Waals surface area contributed by atoms with Crippen molar-refractivity contribution in [1.82, 2.24) is 0 Å². The molecule has 0 unspecified atom stereocenters. The van der Waals surface area contributed by atoms with Crippen LogP contribution in [-0.2, 0) is 18.9 Å². The topological polar surface area (TPSA) is 103 Å². The molecule has 0 aromatic carbocycles. The minimum atomic E-state index is -0.504. The van der Waals surface area contributed by atoms with Gasteiger partial charge in [0, 0.05) is 0 Å². The van der Waals surface area contributed by atoms with Crippen molar-refractivity contribution in [2.75, 3.05) is 59.5 Å². The molecule has 7 nitrogen and oxygen atoms in total. The summed E-state index contributed by atoms with van der Waals surface area (Å²) < 4.78 is 20.3. The smallest absolute Gasteiger partial charge is 0.129 e. The van der Waals surface area contributed by atoms with E-state index in [2.05, 4.69) is 0 Å². The van der Waals surface area contributed by atoms with E-state index < -0.39 is 6.23 Å². The van der Waals surface area contributed by atoms with Gasteiger partial charge >= 0.3 is 0 Å². The fraction of sp³-hybridized carbons (Fsp3) is 1.00. The van der Waals surface area contributed by atoms with Crippen LogP contribution in [0.2, 0.25) is 0 Å². The fourth-order valence-electron chi connectivity index (χ4n) is 0.957. The van der Waals surface area contributed by atoms with Crippen LogP contribution < -0.4 is 5.73 Å². The van der Waals surface area contributed by atoms with Gasteiger partial charge in [-0.2, -0.15) is 0 Å². The molecule has 0 aromatic heterocycles. The third-order valence-corrected chi connectivity index (χ3v) is 1.68. The van der Waals surface area contributed by atoms with Crippen LogP contribution in [0, 0.1) is 0 Å². The lowest BCUT2D eigenvalue weighted by molar-refractivity contribution is -0.0458. The Morgan fingerprint density at radius 2 is 1.29 bits per heavy atom. The Labute approximate surface area is 101 Å². The predicted octanol–water partition coefficient (Wildman–Crippen LogP) is -1.68. The first-order chi connectivity index (χ1) is 8.31. The number of rotatable bonds is 13. The lowest BCUT2D eigenvalue weighted by Gasteiger charge is -2.13. The molecular formula is C10H23NO6. The normalized spacial score (nSPS) is 12.9. The van der Waals surface area contributed by atoms with Crippen molar-refractivity contribution in [2.45, 2.75) is 6.23 Å². The summed E-state index contributed by atoms with van der Waals surface area (Å²) in [6.07, 6.45) is -0.504. The van der Waals surface area contributed by atoms with E-state index in [9.17, 15) is 0 Å². The van der Waals surface area contributed by atoms with E-state index in [1.165, 1.54) is 0 Å². The highest BCUT2D eigenvalue weighted by Crippen LogP contribution is 1.87. The number of aliphatic hydroxyl groups is 2. The number of nitrogens with two attached hydrogens (primary N) is 1. The zero-order chi connectivity index (χ0) is 12.8. The van der Waals surface area contributed by atoms with Gasteiger partial charge < -0.3 is 34.9 Å². The van der Waals surface area contributed by atoms with Gasteiger partial charge in [0.15, 0.2) is 0 Å². The standard InChI is InChI=1S/C10H23NO6/c11-10(9-16-4-2-13)17-8-7-15-6-5-14-3-1-12/h10,12-13H,1-9,11H2/t10-/m0/s1. The monoisotopic (exact) mass is 253 g/mol. The van der Waals surface area contributed by atoms with Gasteiger partial charge in [-0.15, -0.1) is 0 Å². The molecular weight excluding hydrogens is 230 g/mol. The highest BCUT2D eigenvalue weighted by atomic mass is 16.6. The molecule has 0 radical (unpaired) electrons. The van der Waals surface area contributed by atoms with Crippen LogP contribution in [0.25, 0.3) is 0 Å². The van der Waals surface area contributed by atoms with E-state index in [0.29, 0.717) is 33.0 Å². The Bertz CT molecular complexity index is 149. The molecule has 0 spiro atoms. The van der Waals surface area contributed by atoms with Crippen molar-refractivity contribution in [3.05, 3.63) is 0 Å². The summed E-state index contributed by atoms with van der Waals surface area (Å²) in [6, 6.07) is 0. The van der Waals surface area contributed by atoms with Gasteiger partial charge in [0.05, 0.1) is 59.5 Å². The maximum atomic E-state index is 8.46. The molecule has 17 heavy (non-hydrogen) atoms. The van der Waals surface area contributed by atoms with E-state index in [0.717, 1.165) is 0 Å². The number of aliphatic hydroxyl groups excluding tert-OH is 2. The molecule has 0 aliphatic heterocycles. The van der Waals surface area contributed by atoms with Crippen molar-refractivity contribution in [1.29, 1.82) is 0 Å². The first-order valence-corrected chi connectivity index (χ1v) is 5.63. The second-order valence-electron chi connectivity index (χ2n) is 3.16. The van der Waals surface area contributed by atoms with Gasteiger partial charge in [0.2, 0.25) is 0 Å². The summed E-state index contributed by atoms with van der Waals surface area (Å²) in [4.78, 5) is 0. The van der Waals surface area contributed by atoms with Crippen molar-refractivity contribution in [3.8, 4) is 0 Å². The molecule has 0 fully saturated rings. The summed E-state index contributed by atoms with van der Waals surface area (Å²) in [6.45, 7) is 2.55. The van der Waals surface area contributed by atoms with Crippen molar-refractivity contribution >= 4 is 0 Å². The van der Waals surface area contributed by atoms with E-state index in [4.69, 9.17) is 34.9 Å². The quantitative estimate of drug-likeness (QED) is 0.266. The Morgan fingerprint density at radius 1 is 0.765 bits per heavy atom. The minimum absolute atomic E-state index is 0.0196. The van der Waals surface area contributed by atoms with Gasteiger partial charge in [-0.05, 0) is 0 Å². The van der Waals surface area contributed by atoms with Crippen molar-refractivity contribution in [3.63, 3.8) is 0 Å². The molecule has 0 saturated carbocycles. The Balaban J connectivity index is 3.05. The largest absolute Gasteiger partial charge is 0.394 e. The average molecular weight is 253 g/mol. The Morgan fingerprint density at radius 3 is 1.94 bits per heavy atom. The van der Waals surface area contributed by atoms with Gasteiger partial charge in [0.25, 0.3) is 0 Å². The minimum Gasteiger partial charge on any atom is -0.394 e. The molecule has 0 amide bonds. The molecule has 1 atom stereocenters. The van der Waals surface area contributed by atoms with Crippen molar-refractivity contribution < 1.29 is 29.2 Å². The average Bonchev–Trinajstić information content (AvgIpc) is 2.33. The first kappa shape index (κ1) is 16.7. The Hall–Kier alpha value is -0.280. The second-order valence-corrected chi connectivity index (χ2v) is 3.16. The maximum absolute atomic E-state index is 8.46. The zero-order valence-electron chi connectivity index (χ0n) is 10.0. The Kier molecular flexibility index (Phi) is 13.6. The molecule has 104 valence electrons. The molecule has 0 saturated heterocycles. The van der Waals surface area contributed by atoms with Crippen LogP contribution in [0.3, 0.4) is 0 Å². The summed E-state index contributed by atoms with van der Waals surface area (Å²) in [5.41, 5.74) is 5.56. The zero-order valence-corrected chi connectivity index (χ0v) is 10.0. The molecule has 0 aromatic rings. The highest BCUT2D eigenvalue weighted by Gasteiger charge is 2.01. The fourth-order valence-corrected chi connectivity index (χ4v) is 0.957.